The fraction of sp³-hybridized carbons (Fsp3) is 0.280. The number of nitrogens with zero attached hydrogens (tertiary/aromatic N) is 3. The summed E-state index contributed by atoms with van der Waals surface area (Å²) in [4.78, 5) is 13.6. The van der Waals surface area contributed by atoms with Crippen molar-refractivity contribution in [1.29, 1.82) is 0 Å². The van der Waals surface area contributed by atoms with Crippen LogP contribution in [0.5, 0.6) is 0 Å². The molecule has 0 radical (unpaired) electrons. The zero-order valence-corrected chi connectivity index (χ0v) is 19.9. The van der Waals surface area contributed by atoms with E-state index in [4.69, 9.17) is 0 Å². The average molecular weight is 481 g/mol. The molecular weight excluding hydrogens is 452 g/mol. The molecule has 178 valence electrons. The number of sulfonamides is 1. The summed E-state index contributed by atoms with van der Waals surface area (Å²) in [5.74, 6) is 0. The number of rotatable bonds is 8. The molecule has 0 aromatic heterocycles. The quantitative estimate of drug-likeness (QED) is 0.390. The molecule has 1 heterocycles. The number of nitro benzene ring substituents is 1. The van der Waals surface area contributed by atoms with Gasteiger partial charge in [-0.05, 0) is 36.8 Å². The largest absolute Gasteiger partial charge is 0.369 e. The second-order valence-corrected chi connectivity index (χ2v) is 10.3. The summed E-state index contributed by atoms with van der Waals surface area (Å²) in [5.41, 5.74) is 3.65. The maximum Gasteiger partial charge on any atom is 0.274 e. The van der Waals surface area contributed by atoms with Gasteiger partial charge in [0.25, 0.3) is 5.69 Å². The van der Waals surface area contributed by atoms with Crippen LogP contribution in [0, 0.1) is 17.0 Å². The summed E-state index contributed by atoms with van der Waals surface area (Å²) in [5, 5.41) is 14.8. The number of piperazine rings is 1. The third-order valence-electron chi connectivity index (χ3n) is 6.01. The van der Waals surface area contributed by atoms with E-state index in [9.17, 15) is 18.5 Å². The zero-order valence-electron chi connectivity index (χ0n) is 19.1. The molecule has 3 aromatic carbocycles. The topological polar surface area (TPSA) is 95.8 Å². The van der Waals surface area contributed by atoms with Gasteiger partial charge in [-0.25, -0.2) is 8.42 Å². The molecule has 1 N–H and O–H groups in total. The Bertz CT molecular complexity index is 1240. The molecule has 8 nitrogen and oxygen atoms in total. The minimum atomic E-state index is -3.54. The third kappa shape index (κ3) is 5.44. The highest BCUT2D eigenvalue weighted by Crippen LogP contribution is 2.27. The molecule has 0 aliphatic carbocycles. The lowest BCUT2D eigenvalue weighted by Crippen LogP contribution is -2.48. The first-order chi connectivity index (χ1) is 16.3. The Morgan fingerprint density at radius 3 is 2.24 bits per heavy atom. The highest BCUT2D eigenvalue weighted by molar-refractivity contribution is 7.89. The number of nitro groups is 1. The van der Waals surface area contributed by atoms with Gasteiger partial charge in [-0.15, -0.1) is 0 Å². The van der Waals surface area contributed by atoms with Crippen molar-refractivity contribution in [2.45, 2.75) is 24.9 Å². The lowest BCUT2D eigenvalue weighted by Gasteiger charge is -2.35. The van der Waals surface area contributed by atoms with E-state index in [0.29, 0.717) is 49.7 Å². The SMILES string of the molecule is Cc1ccc(S(=O)(=O)N2CCN(c3ccc([N+](=O)[O-])c(CNCc4ccccc4)c3)CC2)cc1. The fourth-order valence-corrected chi connectivity index (χ4v) is 5.49. The van der Waals surface area contributed by atoms with Crippen molar-refractivity contribution >= 4 is 21.4 Å². The van der Waals surface area contributed by atoms with Gasteiger partial charge >= 0.3 is 0 Å². The minimum Gasteiger partial charge on any atom is -0.369 e. The number of hydrogen-bond donors (Lipinski definition) is 1. The van der Waals surface area contributed by atoms with Gasteiger partial charge in [-0.2, -0.15) is 4.31 Å². The molecule has 1 aliphatic heterocycles. The van der Waals surface area contributed by atoms with Crippen molar-refractivity contribution in [3.05, 3.63) is 99.6 Å². The molecule has 0 saturated carbocycles. The molecular formula is C25H28N4O4S. The van der Waals surface area contributed by atoms with Crippen LogP contribution in [0.4, 0.5) is 11.4 Å². The molecule has 1 saturated heterocycles. The van der Waals surface area contributed by atoms with Gasteiger partial charge in [-0.1, -0.05) is 48.0 Å². The molecule has 1 aliphatic rings. The lowest BCUT2D eigenvalue weighted by atomic mass is 10.1. The normalized spacial score (nSPS) is 14.8. The summed E-state index contributed by atoms with van der Waals surface area (Å²) in [6.07, 6.45) is 0. The summed E-state index contributed by atoms with van der Waals surface area (Å²) in [6, 6.07) is 21.9. The Morgan fingerprint density at radius 1 is 0.912 bits per heavy atom. The van der Waals surface area contributed by atoms with Crippen LogP contribution in [0.25, 0.3) is 0 Å². The van der Waals surface area contributed by atoms with Crippen LogP contribution in [-0.2, 0) is 23.1 Å². The second-order valence-electron chi connectivity index (χ2n) is 8.36. The molecule has 4 rings (SSSR count). The van der Waals surface area contributed by atoms with E-state index in [1.54, 1.807) is 30.3 Å². The summed E-state index contributed by atoms with van der Waals surface area (Å²) < 4.78 is 27.5. The van der Waals surface area contributed by atoms with Crippen molar-refractivity contribution in [1.82, 2.24) is 9.62 Å². The predicted octanol–water partition coefficient (Wildman–Crippen LogP) is 3.70. The number of anilines is 1. The predicted molar refractivity (Wildman–Crippen MR) is 132 cm³/mol. The maximum absolute atomic E-state index is 13.0. The highest BCUT2D eigenvalue weighted by atomic mass is 32.2. The molecule has 0 spiro atoms. The van der Waals surface area contributed by atoms with E-state index in [0.717, 1.165) is 16.8 Å². The van der Waals surface area contributed by atoms with Gasteiger partial charge < -0.3 is 10.2 Å². The standard InChI is InChI=1S/C25H28N4O4S/c1-20-7-10-24(11-8-20)34(32,33)28-15-13-27(14-16-28)23-9-12-25(29(30)31)22(17-23)19-26-18-21-5-3-2-4-6-21/h2-12,17,26H,13-16,18-19H2,1H3. The monoisotopic (exact) mass is 480 g/mol. The van der Waals surface area contributed by atoms with Crippen LogP contribution in [0.15, 0.2) is 77.7 Å². The summed E-state index contributed by atoms with van der Waals surface area (Å²) >= 11 is 0. The van der Waals surface area contributed by atoms with E-state index in [-0.39, 0.29) is 10.6 Å². The third-order valence-corrected chi connectivity index (χ3v) is 7.92. The van der Waals surface area contributed by atoms with Gasteiger partial charge in [0.05, 0.1) is 9.82 Å². The summed E-state index contributed by atoms with van der Waals surface area (Å²) in [7, 11) is -3.54. The van der Waals surface area contributed by atoms with E-state index >= 15 is 0 Å². The van der Waals surface area contributed by atoms with Crippen molar-refractivity contribution in [2.75, 3.05) is 31.1 Å². The van der Waals surface area contributed by atoms with Crippen LogP contribution in [0.1, 0.15) is 16.7 Å². The maximum atomic E-state index is 13.0. The Hall–Kier alpha value is -3.27. The number of aryl methyl sites for hydroxylation is 1. The first-order valence-corrected chi connectivity index (χ1v) is 12.6. The van der Waals surface area contributed by atoms with E-state index in [1.165, 1.54) is 10.4 Å². The second kappa shape index (κ2) is 10.3. The number of benzene rings is 3. The van der Waals surface area contributed by atoms with E-state index in [1.807, 2.05) is 43.3 Å². The highest BCUT2D eigenvalue weighted by Gasteiger charge is 2.29. The first kappa shape index (κ1) is 23.9. The molecule has 9 heteroatoms. The van der Waals surface area contributed by atoms with Crippen LogP contribution in [0.2, 0.25) is 0 Å². The molecule has 0 unspecified atom stereocenters. The Labute approximate surface area is 200 Å². The smallest absolute Gasteiger partial charge is 0.274 e. The fourth-order valence-electron chi connectivity index (χ4n) is 4.07. The van der Waals surface area contributed by atoms with Crippen LogP contribution < -0.4 is 10.2 Å². The van der Waals surface area contributed by atoms with Crippen molar-refractivity contribution in [3.63, 3.8) is 0 Å². The van der Waals surface area contributed by atoms with Crippen LogP contribution in [0.3, 0.4) is 0 Å². The van der Waals surface area contributed by atoms with Crippen molar-refractivity contribution < 1.29 is 13.3 Å². The van der Waals surface area contributed by atoms with Crippen molar-refractivity contribution in [3.8, 4) is 0 Å². The zero-order chi connectivity index (χ0) is 24.1. The van der Waals surface area contributed by atoms with Gasteiger partial charge in [0.1, 0.15) is 0 Å². The van der Waals surface area contributed by atoms with E-state index in [2.05, 4.69) is 10.2 Å². The van der Waals surface area contributed by atoms with Crippen LogP contribution in [-0.4, -0.2) is 43.8 Å². The van der Waals surface area contributed by atoms with Gasteiger partial charge in [0.15, 0.2) is 0 Å². The lowest BCUT2D eigenvalue weighted by molar-refractivity contribution is -0.385. The molecule has 3 aromatic rings. The molecule has 1 fully saturated rings. The Morgan fingerprint density at radius 2 is 1.59 bits per heavy atom. The molecule has 34 heavy (non-hydrogen) atoms. The molecule has 0 bridgehead atoms. The van der Waals surface area contributed by atoms with Crippen LogP contribution >= 0.6 is 0 Å². The van der Waals surface area contributed by atoms with Gasteiger partial charge in [-0.3, -0.25) is 10.1 Å². The van der Waals surface area contributed by atoms with Gasteiger partial charge in [0, 0.05) is 56.6 Å². The Balaban J connectivity index is 1.43. The molecule has 0 atom stereocenters. The number of nitrogens with one attached hydrogen (secondary N) is 1. The minimum absolute atomic E-state index is 0.0740. The first-order valence-electron chi connectivity index (χ1n) is 11.2. The van der Waals surface area contributed by atoms with E-state index < -0.39 is 10.0 Å². The van der Waals surface area contributed by atoms with Crippen molar-refractivity contribution in [2.24, 2.45) is 0 Å². The molecule has 0 amide bonds. The number of hydrogen-bond acceptors (Lipinski definition) is 6. The Kier molecular flexibility index (Phi) is 7.26. The summed E-state index contributed by atoms with van der Waals surface area (Å²) in [6.45, 7) is 4.63. The van der Waals surface area contributed by atoms with Gasteiger partial charge in [0.2, 0.25) is 10.0 Å². The average Bonchev–Trinajstić information content (AvgIpc) is 2.85.